The molecule has 0 aliphatic rings. The van der Waals surface area contributed by atoms with Gasteiger partial charge in [-0.05, 0) is 29.8 Å². The molecule has 0 aliphatic heterocycles. The molecule has 0 saturated heterocycles. The first-order valence-corrected chi connectivity index (χ1v) is 6.97. The molecule has 1 heterocycles. The summed E-state index contributed by atoms with van der Waals surface area (Å²) >= 11 is 11.7. The van der Waals surface area contributed by atoms with Crippen molar-refractivity contribution in [1.29, 1.82) is 0 Å². The zero-order valence-corrected chi connectivity index (χ0v) is 11.1. The second-order valence-electron chi connectivity index (χ2n) is 3.41. The lowest BCUT2D eigenvalue weighted by Crippen LogP contribution is -1.98. The van der Waals surface area contributed by atoms with E-state index in [9.17, 15) is 4.21 Å². The number of rotatable bonds is 3. The molecule has 5 heteroatoms. The van der Waals surface area contributed by atoms with Crippen LogP contribution in [0.5, 0.6) is 0 Å². The van der Waals surface area contributed by atoms with E-state index in [1.165, 1.54) is 0 Å². The predicted molar refractivity (Wildman–Crippen MR) is 70.8 cm³/mol. The fourth-order valence-corrected chi connectivity index (χ4v) is 2.70. The van der Waals surface area contributed by atoms with E-state index >= 15 is 0 Å². The van der Waals surface area contributed by atoms with Gasteiger partial charge in [0.25, 0.3) is 0 Å². The molecule has 2 rings (SSSR count). The van der Waals surface area contributed by atoms with E-state index in [-0.39, 0.29) is 0 Å². The smallest absolute Gasteiger partial charge is 0.127 e. The first-order chi connectivity index (χ1) is 8.16. The van der Waals surface area contributed by atoms with Gasteiger partial charge in [0.05, 0.1) is 26.6 Å². The van der Waals surface area contributed by atoms with Gasteiger partial charge in [-0.25, -0.2) is 4.98 Å². The number of benzene rings is 1. The van der Waals surface area contributed by atoms with E-state index in [2.05, 4.69) is 4.98 Å². The van der Waals surface area contributed by atoms with Gasteiger partial charge >= 0.3 is 0 Å². The van der Waals surface area contributed by atoms with Crippen molar-refractivity contribution in [2.75, 3.05) is 0 Å². The Balaban J connectivity index is 2.16. The summed E-state index contributed by atoms with van der Waals surface area (Å²) in [6.45, 7) is 0. The maximum atomic E-state index is 12.0. The van der Waals surface area contributed by atoms with Crippen LogP contribution in [-0.2, 0) is 16.6 Å². The minimum Gasteiger partial charge on any atom is -0.252 e. The highest BCUT2D eigenvalue weighted by atomic mass is 35.5. The van der Waals surface area contributed by atoms with Gasteiger partial charge in [0, 0.05) is 6.20 Å². The topological polar surface area (TPSA) is 30.0 Å². The van der Waals surface area contributed by atoms with Crippen LogP contribution in [0.4, 0.5) is 0 Å². The van der Waals surface area contributed by atoms with Crippen molar-refractivity contribution in [3.63, 3.8) is 0 Å². The summed E-state index contributed by atoms with van der Waals surface area (Å²) < 4.78 is 12.0. The largest absolute Gasteiger partial charge is 0.252 e. The van der Waals surface area contributed by atoms with E-state index < -0.39 is 10.8 Å². The summed E-state index contributed by atoms with van der Waals surface area (Å²) in [5.41, 5.74) is 0.878. The minimum absolute atomic E-state index is 0.383. The molecule has 0 N–H and O–H groups in total. The Morgan fingerprint density at radius 3 is 2.59 bits per heavy atom. The van der Waals surface area contributed by atoms with Crippen molar-refractivity contribution < 1.29 is 4.21 Å². The molecule has 2 aromatic rings. The van der Waals surface area contributed by atoms with E-state index in [0.717, 1.165) is 5.56 Å². The van der Waals surface area contributed by atoms with E-state index in [1.54, 1.807) is 30.5 Å². The molecule has 17 heavy (non-hydrogen) atoms. The number of halogens is 2. The number of nitrogens with zero attached hydrogens (tertiary/aromatic N) is 1. The zero-order chi connectivity index (χ0) is 12.3. The summed E-state index contributed by atoms with van der Waals surface area (Å²) in [4.78, 5) is 4.06. The molecule has 0 amide bonds. The molecule has 0 radical (unpaired) electrons. The second kappa shape index (κ2) is 5.63. The van der Waals surface area contributed by atoms with Crippen molar-refractivity contribution in [1.82, 2.24) is 4.98 Å². The molecular formula is C12H9Cl2NOS. The molecule has 0 saturated carbocycles. The Kier molecular flexibility index (Phi) is 4.15. The van der Waals surface area contributed by atoms with Crippen LogP contribution in [0.3, 0.4) is 0 Å². The fraction of sp³-hybridized carbons (Fsp3) is 0.0833. The molecule has 1 aromatic carbocycles. The van der Waals surface area contributed by atoms with Gasteiger partial charge in [0.1, 0.15) is 5.03 Å². The summed E-state index contributed by atoms with van der Waals surface area (Å²) in [6, 6.07) is 10.6. The maximum Gasteiger partial charge on any atom is 0.127 e. The Morgan fingerprint density at radius 2 is 1.94 bits per heavy atom. The Labute approximate surface area is 112 Å². The van der Waals surface area contributed by atoms with Gasteiger partial charge in [-0.1, -0.05) is 35.3 Å². The quantitative estimate of drug-likeness (QED) is 0.861. The first kappa shape index (κ1) is 12.6. The van der Waals surface area contributed by atoms with Crippen LogP contribution < -0.4 is 0 Å². The van der Waals surface area contributed by atoms with Crippen LogP contribution in [0.2, 0.25) is 10.0 Å². The van der Waals surface area contributed by atoms with Crippen molar-refractivity contribution in [2.24, 2.45) is 0 Å². The molecule has 1 aromatic heterocycles. The predicted octanol–water partition coefficient (Wildman–Crippen LogP) is 3.70. The van der Waals surface area contributed by atoms with E-state index in [4.69, 9.17) is 23.2 Å². The van der Waals surface area contributed by atoms with Crippen LogP contribution in [0.1, 0.15) is 5.56 Å². The molecule has 1 unspecified atom stereocenters. The van der Waals surface area contributed by atoms with Gasteiger partial charge in [-0.3, -0.25) is 4.21 Å². The van der Waals surface area contributed by atoms with Gasteiger partial charge in [-0.2, -0.15) is 0 Å². The Bertz CT molecular complexity index is 545. The van der Waals surface area contributed by atoms with Crippen molar-refractivity contribution in [2.45, 2.75) is 10.8 Å². The normalized spacial score (nSPS) is 12.4. The molecule has 0 bridgehead atoms. The van der Waals surface area contributed by atoms with Crippen molar-refractivity contribution in [3.05, 3.63) is 58.2 Å². The van der Waals surface area contributed by atoms with Crippen molar-refractivity contribution in [3.8, 4) is 0 Å². The third-order valence-electron chi connectivity index (χ3n) is 2.15. The lowest BCUT2D eigenvalue weighted by Gasteiger charge is -2.03. The second-order valence-corrected chi connectivity index (χ2v) is 5.62. The highest BCUT2D eigenvalue weighted by Crippen LogP contribution is 2.23. The Morgan fingerprint density at radius 1 is 1.12 bits per heavy atom. The molecule has 0 spiro atoms. The van der Waals surface area contributed by atoms with Crippen LogP contribution in [0.25, 0.3) is 0 Å². The Hall–Kier alpha value is -0.900. The average molecular weight is 286 g/mol. The van der Waals surface area contributed by atoms with Crippen LogP contribution >= 0.6 is 23.2 Å². The van der Waals surface area contributed by atoms with Crippen LogP contribution in [-0.4, -0.2) is 9.19 Å². The first-order valence-electron chi connectivity index (χ1n) is 4.90. The fourth-order valence-electron chi connectivity index (χ4n) is 1.34. The highest BCUT2D eigenvalue weighted by molar-refractivity contribution is 7.84. The SMILES string of the molecule is O=S(Cc1ccc(Cl)c(Cl)c1)c1ccccn1. The zero-order valence-electron chi connectivity index (χ0n) is 8.77. The van der Waals surface area contributed by atoms with E-state index in [1.807, 2.05) is 12.1 Å². The third-order valence-corrected chi connectivity index (χ3v) is 4.20. The summed E-state index contributed by atoms with van der Waals surface area (Å²) in [7, 11) is -1.16. The highest BCUT2D eigenvalue weighted by Gasteiger charge is 2.07. The van der Waals surface area contributed by atoms with Gasteiger partial charge < -0.3 is 0 Å². The molecule has 88 valence electrons. The lowest BCUT2D eigenvalue weighted by atomic mass is 10.2. The van der Waals surface area contributed by atoms with Crippen LogP contribution in [0.15, 0.2) is 47.6 Å². The summed E-state index contributed by atoms with van der Waals surface area (Å²) in [6.07, 6.45) is 1.63. The van der Waals surface area contributed by atoms with Crippen LogP contribution in [0, 0.1) is 0 Å². The van der Waals surface area contributed by atoms with Gasteiger partial charge in [0.2, 0.25) is 0 Å². The van der Waals surface area contributed by atoms with Gasteiger partial charge in [-0.15, -0.1) is 0 Å². The van der Waals surface area contributed by atoms with Gasteiger partial charge in [0.15, 0.2) is 0 Å². The minimum atomic E-state index is -1.16. The summed E-state index contributed by atoms with van der Waals surface area (Å²) in [5.74, 6) is 0.383. The number of aromatic nitrogens is 1. The lowest BCUT2D eigenvalue weighted by molar-refractivity contribution is 0.680. The standard InChI is InChI=1S/C12H9Cl2NOS/c13-10-5-4-9(7-11(10)14)8-17(16)12-3-1-2-6-15-12/h1-7H,8H2. The van der Waals surface area contributed by atoms with Crippen molar-refractivity contribution >= 4 is 34.0 Å². The molecule has 2 nitrogen and oxygen atoms in total. The molecule has 1 atom stereocenters. The average Bonchev–Trinajstić information content (AvgIpc) is 2.35. The molecular weight excluding hydrogens is 277 g/mol. The third kappa shape index (κ3) is 3.28. The number of pyridine rings is 1. The molecule has 0 aliphatic carbocycles. The summed E-state index contributed by atoms with van der Waals surface area (Å²) in [5, 5.41) is 1.54. The monoisotopic (exact) mass is 285 g/mol. The molecule has 0 fully saturated rings. The van der Waals surface area contributed by atoms with E-state index in [0.29, 0.717) is 20.8 Å². The number of hydrogen-bond donors (Lipinski definition) is 0. The maximum absolute atomic E-state index is 12.0. The number of hydrogen-bond acceptors (Lipinski definition) is 2.